The number of hydrogen-bond acceptors (Lipinski definition) is 4. The largest absolute Gasteiger partial charge is 0.361 e. The number of nitrogens with one attached hydrogen (secondary N) is 2. The zero-order valence-electron chi connectivity index (χ0n) is 13.7. The van der Waals surface area contributed by atoms with Gasteiger partial charge in [0, 0.05) is 24.6 Å². The van der Waals surface area contributed by atoms with Crippen LogP contribution < -0.4 is 10.6 Å². The van der Waals surface area contributed by atoms with Crippen LogP contribution in [0.1, 0.15) is 31.1 Å². The topological polar surface area (TPSA) is 67.2 Å². The Balaban J connectivity index is 1.79. The van der Waals surface area contributed by atoms with Gasteiger partial charge in [0.25, 0.3) is 0 Å². The summed E-state index contributed by atoms with van der Waals surface area (Å²) < 4.78 is 5.49. The van der Waals surface area contributed by atoms with Crippen molar-refractivity contribution in [2.45, 2.75) is 38.6 Å². The van der Waals surface area contributed by atoms with Crippen molar-refractivity contribution < 1.29 is 9.32 Å². The highest BCUT2D eigenvalue weighted by Gasteiger charge is 2.41. The van der Waals surface area contributed by atoms with E-state index in [9.17, 15) is 4.79 Å². The molecule has 5 heteroatoms. The summed E-state index contributed by atoms with van der Waals surface area (Å²) in [7, 11) is 0. The Hall–Kier alpha value is -2.14. The van der Waals surface area contributed by atoms with Gasteiger partial charge in [0.15, 0.2) is 0 Å². The van der Waals surface area contributed by atoms with Gasteiger partial charge in [0.05, 0.1) is 0 Å². The van der Waals surface area contributed by atoms with Crippen LogP contribution in [0, 0.1) is 6.92 Å². The summed E-state index contributed by atoms with van der Waals surface area (Å²) in [5.41, 5.74) is 2.48. The second-order valence-corrected chi connectivity index (χ2v) is 6.19. The van der Waals surface area contributed by atoms with Crippen molar-refractivity contribution in [3.05, 3.63) is 41.7 Å². The Morgan fingerprint density at radius 3 is 2.83 bits per heavy atom. The molecule has 122 valence electrons. The molecular formula is C18H23N3O2. The normalized spacial score (nSPS) is 20.6. The summed E-state index contributed by atoms with van der Waals surface area (Å²) in [5, 5.41) is 10.4. The van der Waals surface area contributed by atoms with Crippen molar-refractivity contribution in [1.82, 2.24) is 15.8 Å². The first-order valence-corrected chi connectivity index (χ1v) is 8.19. The van der Waals surface area contributed by atoms with E-state index in [1.807, 2.05) is 25.1 Å². The lowest BCUT2D eigenvalue weighted by Gasteiger charge is -2.26. The van der Waals surface area contributed by atoms with Crippen molar-refractivity contribution >= 4 is 5.91 Å². The van der Waals surface area contributed by atoms with E-state index in [-0.39, 0.29) is 5.91 Å². The highest BCUT2D eigenvalue weighted by atomic mass is 16.5. The zero-order valence-corrected chi connectivity index (χ0v) is 13.7. The predicted octanol–water partition coefficient (Wildman–Crippen LogP) is 2.45. The van der Waals surface area contributed by atoms with Crippen LogP contribution in [-0.4, -0.2) is 29.7 Å². The Morgan fingerprint density at radius 1 is 1.39 bits per heavy atom. The van der Waals surface area contributed by atoms with Crippen LogP contribution in [-0.2, 0) is 11.2 Å². The molecule has 1 saturated heterocycles. The van der Waals surface area contributed by atoms with Crippen molar-refractivity contribution in [2.75, 3.05) is 13.1 Å². The van der Waals surface area contributed by atoms with E-state index in [0.29, 0.717) is 13.0 Å². The summed E-state index contributed by atoms with van der Waals surface area (Å²) in [6, 6.07) is 10.1. The van der Waals surface area contributed by atoms with E-state index >= 15 is 0 Å². The number of carbonyl (C=O) groups excluding carboxylic acids is 1. The van der Waals surface area contributed by atoms with E-state index in [0.717, 1.165) is 36.4 Å². The number of hydrogen-bond donors (Lipinski definition) is 2. The van der Waals surface area contributed by atoms with Gasteiger partial charge >= 0.3 is 0 Å². The Morgan fingerprint density at radius 2 is 2.17 bits per heavy atom. The van der Waals surface area contributed by atoms with Crippen LogP contribution in [0.4, 0.5) is 0 Å². The third-order valence-corrected chi connectivity index (χ3v) is 4.40. The maximum Gasteiger partial charge on any atom is 0.240 e. The highest BCUT2D eigenvalue weighted by molar-refractivity contribution is 5.87. The second kappa shape index (κ2) is 6.54. The van der Waals surface area contributed by atoms with Crippen LogP contribution in [0.5, 0.6) is 0 Å². The molecule has 0 saturated carbocycles. The van der Waals surface area contributed by atoms with Gasteiger partial charge in [0.1, 0.15) is 17.0 Å². The van der Waals surface area contributed by atoms with Gasteiger partial charge in [-0.15, -0.1) is 0 Å². The summed E-state index contributed by atoms with van der Waals surface area (Å²) in [6.45, 7) is 5.48. The van der Waals surface area contributed by atoms with Crippen LogP contribution in [0.3, 0.4) is 0 Å². The molecule has 0 radical (unpaired) electrons. The molecule has 5 nitrogen and oxygen atoms in total. The molecule has 1 amide bonds. The molecule has 0 bridgehead atoms. The van der Waals surface area contributed by atoms with Gasteiger partial charge in [0.2, 0.25) is 5.91 Å². The van der Waals surface area contributed by atoms with E-state index < -0.39 is 5.54 Å². The Bertz CT molecular complexity index is 670. The first-order chi connectivity index (χ1) is 11.1. The molecule has 2 N–H and O–H groups in total. The highest BCUT2D eigenvalue weighted by Crippen LogP contribution is 2.27. The number of rotatable bonds is 5. The monoisotopic (exact) mass is 313 g/mol. The number of aromatic nitrogens is 1. The van der Waals surface area contributed by atoms with Gasteiger partial charge in [-0.1, -0.05) is 35.0 Å². The maximum atomic E-state index is 12.5. The van der Waals surface area contributed by atoms with Crippen LogP contribution in [0.15, 0.2) is 34.9 Å². The van der Waals surface area contributed by atoms with Gasteiger partial charge < -0.3 is 15.2 Å². The first-order valence-electron chi connectivity index (χ1n) is 8.19. The summed E-state index contributed by atoms with van der Waals surface area (Å²) in [6.07, 6.45) is 2.34. The molecule has 23 heavy (non-hydrogen) atoms. The molecule has 0 spiro atoms. The van der Waals surface area contributed by atoms with E-state index in [1.54, 1.807) is 0 Å². The van der Waals surface area contributed by atoms with E-state index in [2.05, 4.69) is 34.8 Å². The van der Waals surface area contributed by atoms with Crippen molar-refractivity contribution in [3.63, 3.8) is 0 Å². The average Bonchev–Trinajstić information content (AvgIpc) is 3.19. The molecule has 1 aromatic heterocycles. The van der Waals surface area contributed by atoms with Crippen LogP contribution in [0.25, 0.3) is 11.3 Å². The number of amides is 1. The van der Waals surface area contributed by atoms with Gasteiger partial charge in [-0.25, -0.2) is 0 Å². The third kappa shape index (κ3) is 3.29. The minimum absolute atomic E-state index is 0.0470. The molecule has 1 aromatic carbocycles. The quantitative estimate of drug-likeness (QED) is 0.890. The van der Waals surface area contributed by atoms with Crippen molar-refractivity contribution in [3.8, 4) is 11.3 Å². The Labute approximate surface area is 136 Å². The second-order valence-electron chi connectivity index (χ2n) is 6.19. The predicted molar refractivity (Wildman–Crippen MR) is 89.0 cm³/mol. The number of likely N-dealkylation sites (N-methyl/N-ethyl adjacent to an activating group) is 1. The Kier molecular flexibility index (Phi) is 4.48. The van der Waals surface area contributed by atoms with Gasteiger partial charge in [-0.2, -0.15) is 0 Å². The molecular weight excluding hydrogens is 290 g/mol. The van der Waals surface area contributed by atoms with Gasteiger partial charge in [-0.05, 0) is 33.2 Å². The third-order valence-electron chi connectivity index (χ3n) is 4.40. The average molecular weight is 313 g/mol. The molecule has 0 unspecified atom stereocenters. The molecule has 0 aliphatic carbocycles. The van der Waals surface area contributed by atoms with Crippen LogP contribution >= 0.6 is 0 Å². The number of nitrogens with zero attached hydrogens (tertiary/aromatic N) is 1. The fourth-order valence-corrected chi connectivity index (χ4v) is 3.12. The van der Waals surface area contributed by atoms with Crippen LogP contribution in [0.2, 0.25) is 0 Å². The molecule has 2 heterocycles. The lowest BCUT2D eigenvalue weighted by atomic mass is 9.90. The number of benzene rings is 1. The molecule has 1 atom stereocenters. The number of carbonyl (C=O) groups is 1. The fourth-order valence-electron chi connectivity index (χ4n) is 3.12. The molecule has 1 aliphatic heterocycles. The minimum atomic E-state index is -0.569. The first kappa shape index (κ1) is 15.7. The zero-order chi connectivity index (χ0) is 16.3. The van der Waals surface area contributed by atoms with Crippen molar-refractivity contribution in [1.29, 1.82) is 0 Å². The number of aryl methyl sites for hydroxylation is 1. The molecule has 3 rings (SSSR count). The molecule has 2 aromatic rings. The standard InChI is InChI=1S/C18H23N3O2/c1-3-19-17(22)18(9-4-10-20-18)12-15-11-16(21-23-15)14-7-5-13(2)6-8-14/h5-8,11,20H,3-4,9-10,12H2,1-2H3,(H,19,22)/t18-/m1/s1. The smallest absolute Gasteiger partial charge is 0.240 e. The lowest BCUT2D eigenvalue weighted by Crippen LogP contribution is -2.55. The van der Waals surface area contributed by atoms with Crippen molar-refractivity contribution in [2.24, 2.45) is 0 Å². The summed E-state index contributed by atoms with van der Waals surface area (Å²) in [5.74, 6) is 0.784. The summed E-state index contributed by atoms with van der Waals surface area (Å²) >= 11 is 0. The summed E-state index contributed by atoms with van der Waals surface area (Å²) in [4.78, 5) is 12.5. The minimum Gasteiger partial charge on any atom is -0.361 e. The van der Waals surface area contributed by atoms with E-state index in [4.69, 9.17) is 4.52 Å². The molecule has 1 aliphatic rings. The van der Waals surface area contributed by atoms with E-state index in [1.165, 1.54) is 5.56 Å². The maximum absolute atomic E-state index is 12.5. The van der Waals surface area contributed by atoms with Gasteiger partial charge in [-0.3, -0.25) is 4.79 Å². The lowest BCUT2D eigenvalue weighted by molar-refractivity contribution is -0.127. The molecule has 1 fully saturated rings. The SMILES string of the molecule is CCNC(=O)[C@]1(Cc2cc(-c3ccc(C)cc3)no2)CCCN1. The fraction of sp³-hybridized carbons (Fsp3) is 0.444.